The predicted octanol–water partition coefficient (Wildman–Crippen LogP) is 3.01. The summed E-state index contributed by atoms with van der Waals surface area (Å²) < 4.78 is 5.13. The number of benzene rings is 1. The number of nitrogens with one attached hydrogen (secondary N) is 1. The molecule has 27 heavy (non-hydrogen) atoms. The van der Waals surface area contributed by atoms with E-state index >= 15 is 0 Å². The molecule has 7 heteroatoms. The van der Waals surface area contributed by atoms with Crippen molar-refractivity contribution in [1.82, 2.24) is 15.1 Å². The van der Waals surface area contributed by atoms with Crippen LogP contribution in [0.3, 0.4) is 0 Å². The Balaban J connectivity index is 1.54. The third-order valence-electron chi connectivity index (χ3n) is 4.68. The normalized spacial score (nSPS) is 14.6. The van der Waals surface area contributed by atoms with Crippen LogP contribution in [-0.4, -0.2) is 46.5 Å². The van der Waals surface area contributed by atoms with Crippen molar-refractivity contribution in [1.29, 1.82) is 0 Å². The summed E-state index contributed by atoms with van der Waals surface area (Å²) in [4.78, 5) is 11.7. The highest BCUT2D eigenvalue weighted by molar-refractivity contribution is 5.90. The molecule has 0 spiro atoms. The molecule has 7 nitrogen and oxygen atoms in total. The molecule has 2 N–H and O–H groups in total. The Kier molecular flexibility index (Phi) is 5.02. The zero-order chi connectivity index (χ0) is 18.6. The van der Waals surface area contributed by atoms with Crippen LogP contribution in [0.25, 0.3) is 17.0 Å². The van der Waals surface area contributed by atoms with Crippen LogP contribution >= 0.6 is 0 Å². The Hall–Kier alpha value is -2.93. The number of para-hydroxylation sites is 1. The zero-order valence-corrected chi connectivity index (χ0v) is 15.4. The second-order valence-electron chi connectivity index (χ2n) is 6.69. The summed E-state index contributed by atoms with van der Waals surface area (Å²) in [6.07, 6.45) is 4.01. The summed E-state index contributed by atoms with van der Waals surface area (Å²) in [5.41, 5.74) is 3.15. The van der Waals surface area contributed by atoms with Crippen LogP contribution in [0, 0.1) is 6.92 Å². The Labute approximate surface area is 157 Å². The number of hydrogen-bond acceptors (Lipinski definition) is 7. The molecule has 0 aliphatic carbocycles. The standard InChI is InChI=1S/C20H23N5O2/c1-14-12-16(24-27-14)13-15-6-9-25(10-7-15)20-22-18-5-3-2-4-17(18)19(23-20)21-8-11-26/h2-5,12-13,26H,6-11H2,1H3,(H,21,22,23). The van der Waals surface area contributed by atoms with Gasteiger partial charge in [-0.2, -0.15) is 4.98 Å². The maximum absolute atomic E-state index is 9.14. The van der Waals surface area contributed by atoms with E-state index in [0.717, 1.165) is 60.1 Å². The van der Waals surface area contributed by atoms with Crippen molar-refractivity contribution in [3.63, 3.8) is 0 Å². The van der Waals surface area contributed by atoms with Gasteiger partial charge in [-0.05, 0) is 38.0 Å². The number of anilines is 2. The van der Waals surface area contributed by atoms with Crippen LogP contribution in [0.1, 0.15) is 24.3 Å². The molecule has 1 aliphatic rings. The second-order valence-corrected chi connectivity index (χ2v) is 6.69. The molecule has 1 aliphatic heterocycles. The molecule has 4 rings (SSSR count). The monoisotopic (exact) mass is 365 g/mol. The van der Waals surface area contributed by atoms with E-state index in [1.54, 1.807) is 0 Å². The number of aryl methyl sites for hydroxylation is 1. The molecule has 0 atom stereocenters. The van der Waals surface area contributed by atoms with Gasteiger partial charge >= 0.3 is 0 Å². The molecule has 1 aromatic carbocycles. The molecule has 0 saturated carbocycles. The van der Waals surface area contributed by atoms with E-state index in [4.69, 9.17) is 19.6 Å². The number of aromatic nitrogens is 3. The lowest BCUT2D eigenvalue weighted by atomic mass is 10.0. The Morgan fingerprint density at radius 1 is 1.22 bits per heavy atom. The molecule has 1 saturated heterocycles. The van der Waals surface area contributed by atoms with Crippen LogP contribution < -0.4 is 10.2 Å². The number of aliphatic hydroxyl groups is 1. The summed E-state index contributed by atoms with van der Waals surface area (Å²) in [5.74, 6) is 2.32. The van der Waals surface area contributed by atoms with Crippen molar-refractivity contribution in [3.05, 3.63) is 47.4 Å². The molecule has 1 fully saturated rings. The van der Waals surface area contributed by atoms with Crippen molar-refractivity contribution in [3.8, 4) is 0 Å². The molecule has 0 bridgehead atoms. The van der Waals surface area contributed by atoms with E-state index in [0.29, 0.717) is 6.54 Å². The van der Waals surface area contributed by atoms with Crippen LogP contribution in [-0.2, 0) is 0 Å². The lowest BCUT2D eigenvalue weighted by Crippen LogP contribution is -2.32. The molecule has 0 radical (unpaired) electrons. The third-order valence-corrected chi connectivity index (χ3v) is 4.68. The highest BCUT2D eigenvalue weighted by atomic mass is 16.5. The Bertz CT molecular complexity index is 956. The number of hydrogen-bond donors (Lipinski definition) is 2. The van der Waals surface area contributed by atoms with Crippen molar-refractivity contribution in [2.45, 2.75) is 19.8 Å². The highest BCUT2D eigenvalue weighted by Gasteiger charge is 2.18. The van der Waals surface area contributed by atoms with Crippen LogP contribution in [0.4, 0.5) is 11.8 Å². The molecule has 3 heterocycles. The molecular formula is C20H23N5O2. The number of rotatable bonds is 5. The van der Waals surface area contributed by atoms with Gasteiger partial charge in [0.05, 0.1) is 12.1 Å². The summed E-state index contributed by atoms with van der Waals surface area (Å²) in [7, 11) is 0. The van der Waals surface area contributed by atoms with E-state index in [1.165, 1.54) is 5.57 Å². The fraction of sp³-hybridized carbons (Fsp3) is 0.350. The maximum Gasteiger partial charge on any atom is 0.227 e. The van der Waals surface area contributed by atoms with Crippen molar-refractivity contribution in [2.24, 2.45) is 0 Å². The van der Waals surface area contributed by atoms with Gasteiger partial charge in [-0.1, -0.05) is 22.9 Å². The minimum Gasteiger partial charge on any atom is -0.395 e. The maximum atomic E-state index is 9.14. The highest BCUT2D eigenvalue weighted by Crippen LogP contribution is 2.27. The fourth-order valence-corrected chi connectivity index (χ4v) is 3.32. The molecule has 0 unspecified atom stereocenters. The fourth-order valence-electron chi connectivity index (χ4n) is 3.32. The van der Waals surface area contributed by atoms with Gasteiger partial charge in [0.1, 0.15) is 17.3 Å². The number of fused-ring (bicyclic) bond motifs is 1. The second kappa shape index (κ2) is 7.75. The predicted molar refractivity (Wildman–Crippen MR) is 106 cm³/mol. The minimum atomic E-state index is 0.0626. The van der Waals surface area contributed by atoms with Crippen molar-refractivity contribution < 1.29 is 9.63 Å². The van der Waals surface area contributed by atoms with Crippen LogP contribution in [0.2, 0.25) is 0 Å². The van der Waals surface area contributed by atoms with Gasteiger partial charge in [0.25, 0.3) is 0 Å². The van der Waals surface area contributed by atoms with E-state index in [-0.39, 0.29) is 6.61 Å². The largest absolute Gasteiger partial charge is 0.395 e. The molecule has 140 valence electrons. The zero-order valence-electron chi connectivity index (χ0n) is 15.4. The van der Waals surface area contributed by atoms with E-state index in [1.807, 2.05) is 37.3 Å². The Morgan fingerprint density at radius 2 is 2.04 bits per heavy atom. The van der Waals surface area contributed by atoms with Gasteiger partial charge in [0.2, 0.25) is 5.95 Å². The number of piperidine rings is 1. The van der Waals surface area contributed by atoms with Gasteiger partial charge in [-0.25, -0.2) is 4.98 Å². The lowest BCUT2D eigenvalue weighted by molar-refractivity contribution is 0.311. The first-order chi connectivity index (χ1) is 13.2. The minimum absolute atomic E-state index is 0.0626. The summed E-state index contributed by atoms with van der Waals surface area (Å²) in [6.45, 7) is 4.15. The van der Waals surface area contributed by atoms with E-state index < -0.39 is 0 Å². The quantitative estimate of drug-likeness (QED) is 0.718. The van der Waals surface area contributed by atoms with E-state index in [2.05, 4.69) is 21.4 Å². The van der Waals surface area contributed by atoms with Gasteiger partial charge in [0, 0.05) is 31.1 Å². The van der Waals surface area contributed by atoms with Crippen LogP contribution in [0.15, 0.2) is 40.4 Å². The van der Waals surface area contributed by atoms with Crippen molar-refractivity contribution >= 4 is 28.7 Å². The average molecular weight is 365 g/mol. The van der Waals surface area contributed by atoms with Gasteiger partial charge in [-0.15, -0.1) is 0 Å². The Morgan fingerprint density at radius 3 is 2.78 bits per heavy atom. The molecule has 3 aromatic rings. The van der Waals surface area contributed by atoms with Gasteiger partial charge < -0.3 is 19.8 Å². The smallest absolute Gasteiger partial charge is 0.227 e. The average Bonchev–Trinajstić information content (AvgIpc) is 3.11. The third kappa shape index (κ3) is 3.93. The number of nitrogens with zero attached hydrogens (tertiary/aromatic N) is 4. The first kappa shape index (κ1) is 17.5. The molecular weight excluding hydrogens is 342 g/mol. The van der Waals surface area contributed by atoms with Gasteiger partial charge in [-0.3, -0.25) is 0 Å². The number of aliphatic hydroxyl groups excluding tert-OH is 1. The summed E-state index contributed by atoms with van der Waals surface area (Å²) in [6, 6.07) is 9.89. The molecule has 2 aromatic heterocycles. The van der Waals surface area contributed by atoms with Crippen LogP contribution in [0.5, 0.6) is 0 Å². The first-order valence-corrected chi connectivity index (χ1v) is 9.22. The van der Waals surface area contributed by atoms with Crippen molar-refractivity contribution in [2.75, 3.05) is 36.5 Å². The van der Waals surface area contributed by atoms with Gasteiger partial charge in [0.15, 0.2) is 0 Å². The summed E-state index contributed by atoms with van der Waals surface area (Å²) in [5, 5.41) is 17.3. The SMILES string of the molecule is Cc1cc(C=C2CCN(c3nc(NCCO)c4ccccc4n3)CC2)no1. The first-order valence-electron chi connectivity index (χ1n) is 9.22. The molecule has 0 amide bonds. The topological polar surface area (TPSA) is 87.3 Å². The van der Waals surface area contributed by atoms with E-state index in [9.17, 15) is 0 Å². The summed E-state index contributed by atoms with van der Waals surface area (Å²) >= 11 is 0. The lowest BCUT2D eigenvalue weighted by Gasteiger charge is -2.29.